The van der Waals surface area contributed by atoms with Gasteiger partial charge in [0.25, 0.3) is 5.56 Å². The van der Waals surface area contributed by atoms with E-state index in [1.807, 2.05) is 6.92 Å². The van der Waals surface area contributed by atoms with Gasteiger partial charge in [0.1, 0.15) is 11.6 Å². The Kier molecular flexibility index (Phi) is 3.22. The highest BCUT2D eigenvalue weighted by atomic mass is 35.5. The van der Waals surface area contributed by atoms with Crippen LogP contribution in [0, 0.1) is 18.6 Å². The van der Waals surface area contributed by atoms with Crippen molar-refractivity contribution in [2.75, 3.05) is 0 Å². The van der Waals surface area contributed by atoms with Crippen LogP contribution >= 0.6 is 11.6 Å². The molecule has 3 aromatic rings. The molecule has 0 aliphatic heterocycles. The molecule has 0 bridgehead atoms. The predicted molar refractivity (Wildman–Crippen MR) is 77.0 cm³/mol. The molecule has 21 heavy (non-hydrogen) atoms. The van der Waals surface area contributed by atoms with E-state index in [2.05, 4.69) is 4.98 Å². The van der Waals surface area contributed by atoms with Gasteiger partial charge in [0.15, 0.2) is 0 Å². The lowest BCUT2D eigenvalue weighted by atomic mass is 10.1. The molecule has 0 saturated heterocycles. The van der Waals surface area contributed by atoms with Crippen LogP contribution in [0.3, 0.4) is 0 Å². The van der Waals surface area contributed by atoms with E-state index in [4.69, 9.17) is 11.6 Å². The minimum atomic E-state index is -0.882. The molecule has 3 nitrogen and oxygen atoms in total. The number of hydrogen-bond acceptors (Lipinski definition) is 2. The van der Waals surface area contributed by atoms with Crippen molar-refractivity contribution < 1.29 is 8.78 Å². The Balaban J connectivity index is 2.40. The highest BCUT2D eigenvalue weighted by Crippen LogP contribution is 2.20. The average Bonchev–Trinajstić information content (AvgIpc) is 2.42. The summed E-state index contributed by atoms with van der Waals surface area (Å²) in [7, 11) is 0. The third kappa shape index (κ3) is 2.29. The van der Waals surface area contributed by atoms with Gasteiger partial charge in [-0.25, -0.2) is 18.3 Å². The van der Waals surface area contributed by atoms with E-state index in [0.717, 1.165) is 22.3 Å². The number of nitrogens with zero attached hydrogens (tertiary/aromatic N) is 2. The molecule has 0 radical (unpaired) electrons. The van der Waals surface area contributed by atoms with E-state index >= 15 is 0 Å². The summed E-state index contributed by atoms with van der Waals surface area (Å²) in [5, 5.41) is 0.144. The van der Waals surface area contributed by atoms with E-state index in [9.17, 15) is 13.6 Å². The fourth-order valence-corrected chi connectivity index (χ4v) is 2.40. The van der Waals surface area contributed by atoms with Gasteiger partial charge in [0, 0.05) is 6.07 Å². The van der Waals surface area contributed by atoms with Crippen LogP contribution in [0.4, 0.5) is 8.78 Å². The van der Waals surface area contributed by atoms with Crippen molar-refractivity contribution in [3.8, 4) is 5.69 Å². The molecule has 3 rings (SSSR count). The first-order chi connectivity index (χ1) is 9.97. The summed E-state index contributed by atoms with van der Waals surface area (Å²) < 4.78 is 27.8. The van der Waals surface area contributed by atoms with Crippen LogP contribution in [0.2, 0.25) is 5.28 Å². The lowest BCUT2D eigenvalue weighted by Gasteiger charge is -2.10. The summed E-state index contributed by atoms with van der Waals surface area (Å²) in [4.78, 5) is 16.6. The van der Waals surface area contributed by atoms with Gasteiger partial charge in [0.2, 0.25) is 5.28 Å². The molecule has 0 unspecified atom stereocenters. The Bertz CT molecular complexity index is 921. The molecule has 0 spiro atoms. The van der Waals surface area contributed by atoms with Crippen molar-refractivity contribution >= 4 is 22.5 Å². The Morgan fingerprint density at radius 1 is 1.14 bits per heavy atom. The molecule has 6 heteroatoms. The van der Waals surface area contributed by atoms with Crippen LogP contribution in [0.1, 0.15) is 5.56 Å². The topological polar surface area (TPSA) is 34.9 Å². The van der Waals surface area contributed by atoms with Gasteiger partial charge >= 0.3 is 0 Å². The normalized spacial score (nSPS) is 11.0. The van der Waals surface area contributed by atoms with Crippen LogP contribution in [0.5, 0.6) is 0 Å². The Morgan fingerprint density at radius 2 is 1.90 bits per heavy atom. The summed E-state index contributed by atoms with van der Waals surface area (Å²) in [6.07, 6.45) is 0. The van der Waals surface area contributed by atoms with E-state index in [1.165, 1.54) is 0 Å². The third-order valence-electron chi connectivity index (χ3n) is 3.13. The number of hydrogen-bond donors (Lipinski definition) is 0. The molecule has 0 amide bonds. The zero-order valence-electron chi connectivity index (χ0n) is 10.9. The number of aromatic nitrogens is 2. The second-order valence-electron chi connectivity index (χ2n) is 4.64. The monoisotopic (exact) mass is 306 g/mol. The second kappa shape index (κ2) is 4.93. The van der Waals surface area contributed by atoms with Crippen molar-refractivity contribution in [2.24, 2.45) is 0 Å². The van der Waals surface area contributed by atoms with Crippen molar-refractivity contribution in [3.05, 3.63) is 69.2 Å². The number of halogens is 3. The summed E-state index contributed by atoms with van der Waals surface area (Å²) in [5.74, 6) is -1.61. The first-order valence-corrected chi connectivity index (χ1v) is 6.49. The van der Waals surface area contributed by atoms with E-state index in [0.29, 0.717) is 17.0 Å². The smallest absolute Gasteiger partial charge is 0.267 e. The fourth-order valence-electron chi connectivity index (χ4n) is 2.14. The SMILES string of the molecule is Cc1ccc2nc(Cl)n(-c3ccc(F)cc3F)c(=O)c2c1. The molecule has 1 heterocycles. The average molecular weight is 307 g/mol. The molecule has 0 saturated carbocycles. The van der Waals surface area contributed by atoms with Gasteiger partial charge in [-0.2, -0.15) is 0 Å². The number of benzene rings is 2. The molecule has 0 aliphatic rings. The summed E-state index contributed by atoms with van der Waals surface area (Å²) in [6, 6.07) is 8.03. The Morgan fingerprint density at radius 3 is 2.62 bits per heavy atom. The molecular weight excluding hydrogens is 298 g/mol. The van der Waals surface area contributed by atoms with Crippen LogP contribution in [-0.2, 0) is 0 Å². The van der Waals surface area contributed by atoms with Crippen LogP contribution in [0.15, 0.2) is 41.2 Å². The highest BCUT2D eigenvalue weighted by molar-refractivity contribution is 6.29. The van der Waals surface area contributed by atoms with E-state index < -0.39 is 17.2 Å². The highest BCUT2D eigenvalue weighted by Gasteiger charge is 2.15. The van der Waals surface area contributed by atoms with E-state index in [1.54, 1.807) is 18.2 Å². The molecular formula is C15H9ClF2N2O. The van der Waals surface area contributed by atoms with Gasteiger partial charge in [-0.15, -0.1) is 0 Å². The number of rotatable bonds is 1. The lowest BCUT2D eigenvalue weighted by molar-refractivity contribution is 0.576. The lowest BCUT2D eigenvalue weighted by Crippen LogP contribution is -2.21. The molecule has 0 aliphatic carbocycles. The first-order valence-electron chi connectivity index (χ1n) is 6.12. The minimum Gasteiger partial charge on any atom is -0.268 e. The second-order valence-corrected chi connectivity index (χ2v) is 4.98. The summed E-state index contributed by atoms with van der Waals surface area (Å²) in [5.41, 5.74) is 0.658. The van der Waals surface area contributed by atoms with Gasteiger partial charge < -0.3 is 0 Å². The minimum absolute atomic E-state index is 0.137. The van der Waals surface area contributed by atoms with Gasteiger partial charge in [-0.1, -0.05) is 11.6 Å². The van der Waals surface area contributed by atoms with Crippen LogP contribution in [-0.4, -0.2) is 9.55 Å². The van der Waals surface area contributed by atoms with Crippen molar-refractivity contribution in [2.45, 2.75) is 6.92 Å². The number of aryl methyl sites for hydroxylation is 1. The maximum absolute atomic E-state index is 13.9. The van der Waals surface area contributed by atoms with E-state index in [-0.39, 0.29) is 11.0 Å². The van der Waals surface area contributed by atoms with Crippen LogP contribution in [0.25, 0.3) is 16.6 Å². The van der Waals surface area contributed by atoms with Gasteiger partial charge in [-0.3, -0.25) is 4.79 Å². The summed E-state index contributed by atoms with van der Waals surface area (Å²) >= 11 is 5.99. The molecule has 0 N–H and O–H groups in total. The maximum atomic E-state index is 13.9. The summed E-state index contributed by atoms with van der Waals surface area (Å²) in [6.45, 7) is 1.83. The predicted octanol–water partition coefficient (Wildman–Crippen LogP) is 3.63. The fraction of sp³-hybridized carbons (Fsp3) is 0.0667. The quantitative estimate of drug-likeness (QED) is 0.644. The van der Waals surface area contributed by atoms with Gasteiger partial charge in [0.05, 0.1) is 16.6 Å². The van der Waals surface area contributed by atoms with Crippen molar-refractivity contribution in [3.63, 3.8) is 0 Å². The molecule has 0 atom stereocenters. The number of fused-ring (bicyclic) bond motifs is 1. The standard InChI is InChI=1S/C15H9ClF2N2O/c1-8-2-4-12-10(6-8)14(21)20(15(16)19-12)13-5-3-9(17)7-11(13)18/h2-7H,1H3. The van der Waals surface area contributed by atoms with Crippen LogP contribution < -0.4 is 5.56 Å². The zero-order valence-corrected chi connectivity index (χ0v) is 11.7. The third-order valence-corrected chi connectivity index (χ3v) is 3.39. The van der Waals surface area contributed by atoms with Gasteiger partial charge in [-0.05, 0) is 42.8 Å². The molecule has 2 aromatic carbocycles. The maximum Gasteiger partial charge on any atom is 0.267 e. The Hall–Kier alpha value is -2.27. The first kappa shape index (κ1) is 13.7. The molecule has 106 valence electrons. The Labute approximate surface area is 123 Å². The molecule has 1 aromatic heterocycles. The zero-order chi connectivity index (χ0) is 15.1. The molecule has 0 fully saturated rings. The van der Waals surface area contributed by atoms with Crippen molar-refractivity contribution in [1.82, 2.24) is 9.55 Å². The van der Waals surface area contributed by atoms with Crippen molar-refractivity contribution in [1.29, 1.82) is 0 Å². The largest absolute Gasteiger partial charge is 0.268 e.